The summed E-state index contributed by atoms with van der Waals surface area (Å²) in [5, 5.41) is 0.170. The summed E-state index contributed by atoms with van der Waals surface area (Å²) in [5.74, 6) is 0.0416. The fraction of sp³-hybridized carbons (Fsp3) is 0.455. The molecule has 0 bridgehead atoms. The van der Waals surface area contributed by atoms with Crippen LogP contribution in [-0.4, -0.2) is 28.2 Å². The van der Waals surface area contributed by atoms with Gasteiger partial charge in [0.2, 0.25) is 0 Å². The first-order valence-corrected chi connectivity index (χ1v) is 8.98. The van der Waals surface area contributed by atoms with E-state index in [1.54, 1.807) is 0 Å². The molecule has 1 aromatic rings. The second-order valence-electron chi connectivity index (χ2n) is 3.61. The van der Waals surface area contributed by atoms with Gasteiger partial charge in [-0.15, -0.1) is 0 Å². The number of ether oxygens (including phenoxy) is 2. The topological polar surface area (TPSA) is 52.6 Å². The maximum Gasteiger partial charge on any atom is 0.265 e. The number of hydrogen-bond donors (Lipinski definition) is 0. The summed E-state index contributed by atoms with van der Waals surface area (Å²) < 4.78 is 34.0. The number of rotatable bonds is 7. The van der Waals surface area contributed by atoms with Crippen LogP contribution in [0.3, 0.4) is 0 Å². The number of benzene rings is 1. The standard InChI is InChI=1S/C11H13BrCl2O4S/c1-2-3-17-4-5-18-11-9(13)6-8(12)7-10(11)19(14,15)16/h6-7H,2-5H2,1H3. The molecule has 0 amide bonds. The van der Waals surface area contributed by atoms with Crippen LogP contribution in [0.4, 0.5) is 0 Å². The molecular formula is C11H13BrCl2O4S. The van der Waals surface area contributed by atoms with E-state index in [0.717, 1.165) is 6.42 Å². The van der Waals surface area contributed by atoms with E-state index in [4.69, 9.17) is 31.8 Å². The molecule has 1 rings (SSSR count). The van der Waals surface area contributed by atoms with Crippen molar-refractivity contribution in [2.24, 2.45) is 0 Å². The molecule has 0 saturated heterocycles. The molecule has 0 spiro atoms. The van der Waals surface area contributed by atoms with Crippen LogP contribution in [0.1, 0.15) is 13.3 Å². The molecule has 0 saturated carbocycles. The van der Waals surface area contributed by atoms with E-state index >= 15 is 0 Å². The van der Waals surface area contributed by atoms with Crippen molar-refractivity contribution in [1.29, 1.82) is 0 Å². The third-order valence-corrected chi connectivity index (χ3v) is 4.13. The van der Waals surface area contributed by atoms with Gasteiger partial charge in [-0.05, 0) is 18.6 Å². The highest BCUT2D eigenvalue weighted by atomic mass is 79.9. The van der Waals surface area contributed by atoms with Crippen LogP contribution in [-0.2, 0) is 13.8 Å². The van der Waals surface area contributed by atoms with Crippen LogP contribution in [0.25, 0.3) is 0 Å². The molecule has 0 fully saturated rings. The van der Waals surface area contributed by atoms with E-state index in [9.17, 15) is 8.42 Å². The van der Waals surface area contributed by atoms with Gasteiger partial charge in [0.05, 0.1) is 11.6 Å². The van der Waals surface area contributed by atoms with Gasteiger partial charge in [0, 0.05) is 21.8 Å². The van der Waals surface area contributed by atoms with Crippen molar-refractivity contribution >= 4 is 47.3 Å². The van der Waals surface area contributed by atoms with Crippen molar-refractivity contribution in [3.05, 3.63) is 21.6 Å². The highest BCUT2D eigenvalue weighted by Crippen LogP contribution is 2.37. The maximum absolute atomic E-state index is 11.5. The van der Waals surface area contributed by atoms with Gasteiger partial charge in [0.25, 0.3) is 9.05 Å². The Hall–Kier alpha value is -0.0100. The van der Waals surface area contributed by atoms with Crippen LogP contribution >= 0.6 is 38.2 Å². The first kappa shape index (κ1) is 17.0. The lowest BCUT2D eigenvalue weighted by Gasteiger charge is -2.12. The highest BCUT2D eigenvalue weighted by Gasteiger charge is 2.20. The molecule has 4 nitrogen and oxygen atoms in total. The molecule has 1 aromatic carbocycles. The van der Waals surface area contributed by atoms with Crippen LogP contribution in [0, 0.1) is 0 Å². The van der Waals surface area contributed by atoms with Crippen molar-refractivity contribution in [2.45, 2.75) is 18.2 Å². The molecule has 108 valence electrons. The normalized spacial score (nSPS) is 11.6. The Labute approximate surface area is 130 Å². The lowest BCUT2D eigenvalue weighted by molar-refractivity contribution is 0.0996. The van der Waals surface area contributed by atoms with Gasteiger partial charge in [0.1, 0.15) is 11.5 Å². The average molecular weight is 392 g/mol. The highest BCUT2D eigenvalue weighted by molar-refractivity contribution is 9.10. The van der Waals surface area contributed by atoms with E-state index in [1.807, 2.05) is 6.92 Å². The lowest BCUT2D eigenvalue weighted by atomic mass is 10.3. The second kappa shape index (κ2) is 7.69. The minimum absolute atomic E-state index is 0.0416. The Morgan fingerprint density at radius 3 is 2.53 bits per heavy atom. The quantitative estimate of drug-likeness (QED) is 0.523. The summed E-state index contributed by atoms with van der Waals surface area (Å²) in [7, 11) is 1.42. The largest absolute Gasteiger partial charge is 0.488 e. The minimum Gasteiger partial charge on any atom is -0.488 e. The zero-order chi connectivity index (χ0) is 14.5. The summed E-state index contributed by atoms with van der Waals surface area (Å²) >= 11 is 9.12. The predicted molar refractivity (Wildman–Crippen MR) is 78.8 cm³/mol. The van der Waals surface area contributed by atoms with Gasteiger partial charge in [-0.1, -0.05) is 34.5 Å². The molecular weight excluding hydrogens is 379 g/mol. The van der Waals surface area contributed by atoms with Crippen molar-refractivity contribution in [3.8, 4) is 5.75 Å². The van der Waals surface area contributed by atoms with Gasteiger partial charge in [-0.2, -0.15) is 0 Å². The first-order chi connectivity index (χ1) is 8.86. The molecule has 0 heterocycles. The predicted octanol–water partition coefficient (Wildman–Crippen LogP) is 3.84. The lowest BCUT2D eigenvalue weighted by Crippen LogP contribution is -2.09. The zero-order valence-corrected chi connectivity index (χ0v) is 14.1. The van der Waals surface area contributed by atoms with E-state index in [1.165, 1.54) is 12.1 Å². The molecule has 0 unspecified atom stereocenters. The van der Waals surface area contributed by atoms with Crippen molar-refractivity contribution in [3.63, 3.8) is 0 Å². The van der Waals surface area contributed by atoms with Crippen molar-refractivity contribution < 1.29 is 17.9 Å². The Kier molecular flexibility index (Phi) is 6.90. The van der Waals surface area contributed by atoms with Crippen molar-refractivity contribution in [1.82, 2.24) is 0 Å². The second-order valence-corrected chi connectivity index (χ2v) is 7.47. The van der Waals surface area contributed by atoms with Gasteiger partial charge in [-0.3, -0.25) is 0 Å². The molecule has 0 aromatic heterocycles. The molecule has 0 radical (unpaired) electrons. The van der Waals surface area contributed by atoms with Crippen molar-refractivity contribution in [2.75, 3.05) is 19.8 Å². The van der Waals surface area contributed by atoms with E-state index < -0.39 is 9.05 Å². The Bertz CT molecular complexity index is 534. The molecule has 19 heavy (non-hydrogen) atoms. The fourth-order valence-electron chi connectivity index (χ4n) is 1.31. The van der Waals surface area contributed by atoms with Crippen LogP contribution < -0.4 is 4.74 Å². The summed E-state index contributed by atoms with van der Waals surface area (Å²) in [6.07, 6.45) is 0.903. The Morgan fingerprint density at radius 2 is 1.95 bits per heavy atom. The van der Waals surface area contributed by atoms with Crippen LogP contribution in [0.2, 0.25) is 5.02 Å². The molecule has 0 atom stereocenters. The fourth-order valence-corrected chi connectivity index (χ4v) is 3.38. The van der Waals surface area contributed by atoms with Gasteiger partial charge < -0.3 is 9.47 Å². The SMILES string of the molecule is CCCOCCOc1c(Cl)cc(Br)cc1S(=O)(=O)Cl. The van der Waals surface area contributed by atoms with E-state index in [-0.39, 0.29) is 22.3 Å². The molecule has 0 aliphatic heterocycles. The molecule has 0 aliphatic carbocycles. The van der Waals surface area contributed by atoms with E-state index in [0.29, 0.717) is 17.7 Å². The van der Waals surface area contributed by atoms with E-state index in [2.05, 4.69) is 15.9 Å². The van der Waals surface area contributed by atoms with Crippen LogP contribution in [0.5, 0.6) is 5.75 Å². The summed E-state index contributed by atoms with van der Waals surface area (Å²) in [6.45, 7) is 3.16. The summed E-state index contributed by atoms with van der Waals surface area (Å²) in [5.41, 5.74) is 0. The number of hydrogen-bond acceptors (Lipinski definition) is 4. The molecule has 8 heteroatoms. The zero-order valence-electron chi connectivity index (χ0n) is 10.2. The molecule has 0 N–H and O–H groups in total. The van der Waals surface area contributed by atoms with Crippen LogP contribution in [0.15, 0.2) is 21.5 Å². The van der Waals surface area contributed by atoms with Gasteiger partial charge in [-0.25, -0.2) is 8.42 Å². The third kappa shape index (κ3) is 5.47. The van der Waals surface area contributed by atoms with Gasteiger partial charge in [0.15, 0.2) is 5.75 Å². The molecule has 0 aliphatic rings. The Balaban J connectivity index is 2.87. The minimum atomic E-state index is -3.93. The monoisotopic (exact) mass is 390 g/mol. The average Bonchev–Trinajstić information content (AvgIpc) is 2.29. The van der Waals surface area contributed by atoms with Gasteiger partial charge >= 0.3 is 0 Å². The third-order valence-electron chi connectivity index (χ3n) is 2.06. The Morgan fingerprint density at radius 1 is 1.26 bits per heavy atom. The summed E-state index contributed by atoms with van der Waals surface area (Å²) in [4.78, 5) is -0.163. The summed E-state index contributed by atoms with van der Waals surface area (Å²) in [6, 6.07) is 2.88. The first-order valence-electron chi connectivity index (χ1n) is 5.50. The maximum atomic E-state index is 11.5. The number of halogens is 3. The smallest absolute Gasteiger partial charge is 0.265 e.